The summed E-state index contributed by atoms with van der Waals surface area (Å²) in [6.45, 7) is 2.74. The van der Waals surface area contributed by atoms with Crippen molar-refractivity contribution in [3.8, 4) is 5.75 Å². The molecule has 0 amide bonds. The highest BCUT2D eigenvalue weighted by Crippen LogP contribution is 2.31. The molecule has 1 atom stereocenters. The molecular weight excluding hydrogens is 288 g/mol. The van der Waals surface area contributed by atoms with Crippen LogP contribution < -0.4 is 4.74 Å². The van der Waals surface area contributed by atoms with E-state index in [1.54, 1.807) is 24.4 Å². The zero-order valence-corrected chi connectivity index (χ0v) is 12.8. The van der Waals surface area contributed by atoms with Crippen LogP contribution in [0, 0.1) is 16.0 Å². The Kier molecular flexibility index (Phi) is 5.38. The lowest BCUT2D eigenvalue weighted by Crippen LogP contribution is -2.05. The normalized spacial score (nSPS) is 12.3. The van der Waals surface area contributed by atoms with Crippen LogP contribution in [0.15, 0.2) is 30.5 Å². The second kappa shape index (κ2) is 7.26. The van der Waals surface area contributed by atoms with Crippen LogP contribution in [0.25, 0.3) is 10.9 Å². The number of nitro benzene ring substituents is 1. The first-order valence-corrected chi connectivity index (χ1v) is 7.52. The standard InChI is InChI=1S/C15H18N2O3S/c1-11(7-10-21)6-9-20-14-5-4-13(17(18)19)15-12(14)3-2-8-16-15/h2-5,8,11,21H,6-7,9-10H2,1H3. The van der Waals surface area contributed by atoms with Crippen LogP contribution in [-0.2, 0) is 0 Å². The summed E-state index contributed by atoms with van der Waals surface area (Å²) in [7, 11) is 0. The van der Waals surface area contributed by atoms with Gasteiger partial charge in [0.15, 0.2) is 5.52 Å². The third-order valence-electron chi connectivity index (χ3n) is 3.40. The van der Waals surface area contributed by atoms with Crippen LogP contribution in [0.4, 0.5) is 5.69 Å². The molecule has 2 rings (SSSR count). The van der Waals surface area contributed by atoms with E-state index >= 15 is 0 Å². The Hall–Kier alpha value is -1.82. The minimum Gasteiger partial charge on any atom is -0.493 e. The fourth-order valence-electron chi connectivity index (χ4n) is 2.14. The van der Waals surface area contributed by atoms with Crippen molar-refractivity contribution in [2.24, 2.45) is 5.92 Å². The van der Waals surface area contributed by atoms with E-state index in [-0.39, 0.29) is 5.69 Å². The summed E-state index contributed by atoms with van der Waals surface area (Å²) < 4.78 is 5.78. The highest BCUT2D eigenvalue weighted by Gasteiger charge is 2.16. The molecule has 0 aliphatic rings. The molecule has 0 radical (unpaired) electrons. The van der Waals surface area contributed by atoms with Crippen LogP contribution in [0.2, 0.25) is 0 Å². The lowest BCUT2D eigenvalue weighted by atomic mass is 10.1. The van der Waals surface area contributed by atoms with Crippen molar-refractivity contribution in [3.05, 3.63) is 40.6 Å². The van der Waals surface area contributed by atoms with Crippen molar-refractivity contribution in [1.29, 1.82) is 0 Å². The predicted molar refractivity (Wildman–Crippen MR) is 86.1 cm³/mol. The Labute approximate surface area is 128 Å². The van der Waals surface area contributed by atoms with Crippen molar-refractivity contribution in [3.63, 3.8) is 0 Å². The van der Waals surface area contributed by atoms with Gasteiger partial charge in [0.25, 0.3) is 5.69 Å². The molecule has 0 fully saturated rings. The first-order valence-electron chi connectivity index (χ1n) is 6.89. The predicted octanol–water partition coefficient (Wildman–Crippen LogP) is 3.87. The van der Waals surface area contributed by atoms with Crippen LogP contribution >= 0.6 is 12.6 Å². The molecular formula is C15H18N2O3S. The summed E-state index contributed by atoms with van der Waals surface area (Å²) in [5, 5.41) is 11.7. The molecule has 0 N–H and O–H groups in total. The molecule has 2 aromatic rings. The number of aromatic nitrogens is 1. The summed E-state index contributed by atoms with van der Waals surface area (Å²) >= 11 is 4.22. The summed E-state index contributed by atoms with van der Waals surface area (Å²) in [5.41, 5.74) is 0.366. The molecule has 21 heavy (non-hydrogen) atoms. The average Bonchev–Trinajstić information content (AvgIpc) is 2.47. The Morgan fingerprint density at radius 3 is 2.90 bits per heavy atom. The summed E-state index contributed by atoms with van der Waals surface area (Å²) in [4.78, 5) is 14.7. The fraction of sp³-hybridized carbons (Fsp3) is 0.400. The summed E-state index contributed by atoms with van der Waals surface area (Å²) in [6, 6.07) is 6.64. The number of thiol groups is 1. The quantitative estimate of drug-likeness (QED) is 0.479. The SMILES string of the molecule is CC(CCS)CCOc1ccc([N+](=O)[O-])c2ncccc12. The van der Waals surface area contributed by atoms with Gasteiger partial charge in [0.05, 0.1) is 11.5 Å². The summed E-state index contributed by atoms with van der Waals surface area (Å²) in [6.07, 6.45) is 3.53. The average molecular weight is 306 g/mol. The molecule has 1 aromatic carbocycles. The lowest BCUT2D eigenvalue weighted by molar-refractivity contribution is -0.383. The molecule has 1 heterocycles. The third-order valence-corrected chi connectivity index (χ3v) is 3.65. The maximum atomic E-state index is 11.0. The molecule has 112 valence electrons. The van der Waals surface area contributed by atoms with E-state index in [9.17, 15) is 10.1 Å². The third kappa shape index (κ3) is 3.85. The van der Waals surface area contributed by atoms with Crippen molar-refractivity contribution < 1.29 is 9.66 Å². The minimum absolute atomic E-state index is 0.00129. The van der Waals surface area contributed by atoms with E-state index < -0.39 is 4.92 Å². The van der Waals surface area contributed by atoms with Gasteiger partial charge < -0.3 is 4.74 Å². The number of non-ortho nitro benzene ring substituents is 1. The molecule has 1 aromatic heterocycles. The first kappa shape index (κ1) is 15.6. The molecule has 0 aliphatic carbocycles. The molecule has 0 saturated heterocycles. The molecule has 6 heteroatoms. The van der Waals surface area contributed by atoms with Gasteiger partial charge in [-0.3, -0.25) is 10.1 Å². The van der Waals surface area contributed by atoms with E-state index in [1.165, 1.54) is 6.07 Å². The number of ether oxygens (including phenoxy) is 1. The van der Waals surface area contributed by atoms with E-state index in [2.05, 4.69) is 24.5 Å². The van der Waals surface area contributed by atoms with Gasteiger partial charge >= 0.3 is 0 Å². The molecule has 1 unspecified atom stereocenters. The van der Waals surface area contributed by atoms with Crippen molar-refractivity contribution >= 4 is 29.2 Å². The lowest BCUT2D eigenvalue weighted by Gasteiger charge is -2.12. The number of hydrogen-bond acceptors (Lipinski definition) is 5. The second-order valence-electron chi connectivity index (χ2n) is 4.99. The maximum absolute atomic E-state index is 11.0. The van der Waals surface area contributed by atoms with E-state index in [1.807, 2.05) is 0 Å². The Morgan fingerprint density at radius 2 is 2.19 bits per heavy atom. The van der Waals surface area contributed by atoms with Gasteiger partial charge in [-0.2, -0.15) is 12.6 Å². The highest BCUT2D eigenvalue weighted by atomic mass is 32.1. The molecule has 0 saturated carbocycles. The molecule has 0 spiro atoms. The van der Waals surface area contributed by atoms with Crippen molar-refractivity contribution in [2.45, 2.75) is 19.8 Å². The van der Waals surface area contributed by atoms with Crippen LogP contribution in [0.5, 0.6) is 5.75 Å². The molecule has 5 nitrogen and oxygen atoms in total. The van der Waals surface area contributed by atoms with E-state index in [4.69, 9.17) is 4.74 Å². The first-order chi connectivity index (χ1) is 10.1. The second-order valence-corrected chi connectivity index (χ2v) is 5.44. The Bertz CT molecular complexity index is 633. The summed E-state index contributed by atoms with van der Waals surface area (Å²) in [5.74, 6) is 2.05. The molecule has 0 bridgehead atoms. The van der Waals surface area contributed by atoms with Crippen LogP contribution in [0.1, 0.15) is 19.8 Å². The maximum Gasteiger partial charge on any atom is 0.295 e. The van der Waals surface area contributed by atoms with Gasteiger partial charge in [-0.15, -0.1) is 0 Å². The van der Waals surface area contributed by atoms with Crippen LogP contribution in [-0.4, -0.2) is 22.3 Å². The number of pyridine rings is 1. The minimum atomic E-state index is -0.423. The largest absolute Gasteiger partial charge is 0.493 e. The van der Waals surface area contributed by atoms with Gasteiger partial charge in [-0.25, -0.2) is 4.98 Å². The van der Waals surface area contributed by atoms with Crippen molar-refractivity contribution in [1.82, 2.24) is 4.98 Å². The van der Waals surface area contributed by atoms with E-state index in [0.717, 1.165) is 18.6 Å². The number of nitro groups is 1. The number of hydrogen-bond donors (Lipinski definition) is 1. The topological polar surface area (TPSA) is 65.3 Å². The van der Waals surface area contributed by atoms with Gasteiger partial charge in [-0.1, -0.05) is 6.92 Å². The number of benzene rings is 1. The van der Waals surface area contributed by atoms with Crippen LogP contribution in [0.3, 0.4) is 0 Å². The highest BCUT2D eigenvalue weighted by molar-refractivity contribution is 7.80. The van der Waals surface area contributed by atoms with Gasteiger partial charge in [0, 0.05) is 17.6 Å². The zero-order valence-electron chi connectivity index (χ0n) is 11.9. The Morgan fingerprint density at radius 1 is 1.38 bits per heavy atom. The zero-order chi connectivity index (χ0) is 15.2. The number of nitrogens with zero attached hydrogens (tertiary/aromatic N) is 2. The van der Waals surface area contributed by atoms with Gasteiger partial charge in [-0.05, 0) is 42.7 Å². The van der Waals surface area contributed by atoms with Gasteiger partial charge in [0.2, 0.25) is 0 Å². The van der Waals surface area contributed by atoms with Crippen molar-refractivity contribution in [2.75, 3.05) is 12.4 Å². The Balaban J connectivity index is 2.18. The smallest absolute Gasteiger partial charge is 0.295 e. The van der Waals surface area contributed by atoms with E-state index in [0.29, 0.717) is 29.2 Å². The molecule has 0 aliphatic heterocycles. The fourth-order valence-corrected chi connectivity index (χ4v) is 2.58. The number of fused-ring (bicyclic) bond motifs is 1. The number of rotatable bonds is 7. The van der Waals surface area contributed by atoms with Gasteiger partial charge in [0.1, 0.15) is 5.75 Å². The monoisotopic (exact) mass is 306 g/mol.